The fourth-order valence-corrected chi connectivity index (χ4v) is 14.1. The summed E-state index contributed by atoms with van der Waals surface area (Å²) in [6.07, 6.45) is 3.46. The number of benzene rings is 5. The van der Waals surface area contributed by atoms with E-state index >= 15 is 0 Å². The molecule has 5 aromatic rings. The smallest absolute Gasteiger partial charge is 0.252 e. The highest BCUT2D eigenvalue weighted by atomic mass is 15.2. The maximum absolute atomic E-state index is 2.70. The van der Waals surface area contributed by atoms with E-state index in [0.717, 1.165) is 19.3 Å². The van der Waals surface area contributed by atoms with Gasteiger partial charge >= 0.3 is 0 Å². The van der Waals surface area contributed by atoms with Crippen LogP contribution in [0.3, 0.4) is 0 Å². The van der Waals surface area contributed by atoms with Crippen LogP contribution in [-0.2, 0) is 37.9 Å². The Kier molecular flexibility index (Phi) is 7.85. The van der Waals surface area contributed by atoms with Gasteiger partial charge in [0.25, 0.3) is 6.71 Å². The minimum atomic E-state index is 0.00531. The Morgan fingerprint density at radius 3 is 1.47 bits per heavy atom. The van der Waals surface area contributed by atoms with Crippen molar-refractivity contribution in [2.45, 2.75) is 175 Å². The summed E-state index contributed by atoms with van der Waals surface area (Å²) < 4.78 is 0. The van der Waals surface area contributed by atoms with Crippen LogP contribution in [0.15, 0.2) is 72.8 Å². The monoisotopic (exact) mass is 793 g/mol. The minimum Gasteiger partial charge on any atom is -0.311 e. The van der Waals surface area contributed by atoms with E-state index in [2.05, 4.69) is 200 Å². The molecule has 310 valence electrons. The van der Waals surface area contributed by atoms with Crippen LogP contribution in [0, 0.1) is 13.8 Å². The Morgan fingerprint density at radius 1 is 0.433 bits per heavy atom. The zero-order valence-corrected chi connectivity index (χ0v) is 40.0. The molecule has 5 aliphatic rings. The lowest BCUT2D eigenvalue weighted by Gasteiger charge is -2.46. The molecule has 0 fully saturated rings. The Morgan fingerprint density at radius 2 is 0.900 bits per heavy atom. The number of anilines is 6. The molecule has 0 aromatic heterocycles. The van der Waals surface area contributed by atoms with E-state index < -0.39 is 0 Å². The summed E-state index contributed by atoms with van der Waals surface area (Å²) in [5.41, 5.74) is 25.9. The normalized spacial score (nSPS) is 21.2. The predicted molar refractivity (Wildman–Crippen MR) is 261 cm³/mol. The van der Waals surface area contributed by atoms with Gasteiger partial charge in [0.1, 0.15) is 0 Å². The molecule has 3 aliphatic carbocycles. The topological polar surface area (TPSA) is 6.48 Å². The van der Waals surface area contributed by atoms with Crippen LogP contribution >= 0.6 is 0 Å². The average Bonchev–Trinajstić information content (AvgIpc) is 3.52. The molecule has 0 N–H and O–H groups in total. The molecular weight excluding hydrogens is 723 g/mol. The fraction of sp³-hybridized carbons (Fsp3) is 0.474. The molecule has 10 rings (SSSR count). The Hall–Kier alpha value is -4.24. The van der Waals surface area contributed by atoms with Gasteiger partial charge in [-0.3, -0.25) is 0 Å². The van der Waals surface area contributed by atoms with E-state index in [0.29, 0.717) is 0 Å². The predicted octanol–water partition coefficient (Wildman–Crippen LogP) is 13.6. The largest absolute Gasteiger partial charge is 0.311 e. The summed E-state index contributed by atoms with van der Waals surface area (Å²) in [7, 11) is 0. The van der Waals surface area contributed by atoms with E-state index in [9.17, 15) is 0 Å². The quantitative estimate of drug-likeness (QED) is 0.161. The molecular formula is C57H69BN2. The Labute approximate surface area is 363 Å². The number of nitrogens with zero attached hydrogens (tertiary/aromatic N) is 2. The Balaban J connectivity index is 1.32. The van der Waals surface area contributed by atoms with Gasteiger partial charge in [-0.2, -0.15) is 0 Å². The molecule has 3 heteroatoms. The van der Waals surface area contributed by atoms with Crippen LogP contribution in [0.25, 0.3) is 0 Å². The molecule has 0 unspecified atom stereocenters. The van der Waals surface area contributed by atoms with Gasteiger partial charge in [0, 0.05) is 34.1 Å². The third kappa shape index (κ3) is 5.45. The van der Waals surface area contributed by atoms with Crippen LogP contribution in [-0.4, -0.2) is 6.71 Å². The molecule has 2 nitrogen and oxygen atoms in total. The van der Waals surface area contributed by atoms with Crippen molar-refractivity contribution >= 4 is 57.2 Å². The van der Waals surface area contributed by atoms with Crippen LogP contribution in [0.1, 0.15) is 173 Å². The highest BCUT2D eigenvalue weighted by Crippen LogP contribution is 2.56. The van der Waals surface area contributed by atoms with E-state index in [4.69, 9.17) is 0 Å². The lowest BCUT2D eigenvalue weighted by atomic mass is 9.33. The summed E-state index contributed by atoms with van der Waals surface area (Å²) in [6, 6.07) is 30.5. The highest BCUT2D eigenvalue weighted by Gasteiger charge is 2.50. The van der Waals surface area contributed by atoms with Gasteiger partial charge in [-0.1, -0.05) is 134 Å². The Bertz CT molecular complexity index is 2710. The first-order valence-corrected chi connectivity index (χ1v) is 23.0. The molecule has 0 spiro atoms. The van der Waals surface area contributed by atoms with Gasteiger partial charge in [-0.05, 0) is 180 Å². The molecule has 0 saturated carbocycles. The maximum atomic E-state index is 2.70. The van der Waals surface area contributed by atoms with Crippen LogP contribution in [0.4, 0.5) is 34.1 Å². The molecule has 5 aromatic carbocycles. The van der Waals surface area contributed by atoms with E-state index in [-0.39, 0.29) is 44.6 Å². The van der Waals surface area contributed by atoms with Gasteiger partial charge in [-0.25, -0.2) is 0 Å². The summed E-state index contributed by atoms with van der Waals surface area (Å²) in [4.78, 5) is 5.39. The lowest BCUT2D eigenvalue weighted by Crippen LogP contribution is -2.61. The fourth-order valence-electron chi connectivity index (χ4n) is 14.1. The zero-order chi connectivity index (χ0) is 43.2. The van der Waals surface area contributed by atoms with Gasteiger partial charge in [0.15, 0.2) is 0 Å². The second-order valence-electron chi connectivity index (χ2n) is 25.0. The summed E-state index contributed by atoms with van der Waals surface area (Å²) in [5, 5.41) is 0. The number of hydrogen-bond acceptors (Lipinski definition) is 2. The van der Waals surface area contributed by atoms with Gasteiger partial charge in [0.05, 0.1) is 0 Å². The van der Waals surface area contributed by atoms with Crippen molar-refractivity contribution < 1.29 is 0 Å². The van der Waals surface area contributed by atoms with Crippen LogP contribution < -0.4 is 26.2 Å². The summed E-state index contributed by atoms with van der Waals surface area (Å²) in [5.74, 6) is 0. The number of fused-ring (bicyclic) bond motifs is 7. The van der Waals surface area contributed by atoms with E-state index in [1.807, 2.05) is 0 Å². The molecule has 0 amide bonds. The molecule has 2 heterocycles. The third-order valence-electron chi connectivity index (χ3n) is 16.1. The first kappa shape index (κ1) is 39.9. The number of hydrogen-bond donors (Lipinski definition) is 0. The van der Waals surface area contributed by atoms with Gasteiger partial charge < -0.3 is 9.80 Å². The highest BCUT2D eigenvalue weighted by molar-refractivity contribution is 7.00. The van der Waals surface area contributed by atoms with Gasteiger partial charge in [0.2, 0.25) is 0 Å². The van der Waals surface area contributed by atoms with Crippen molar-refractivity contribution in [2.24, 2.45) is 0 Å². The second-order valence-corrected chi connectivity index (χ2v) is 25.0. The molecule has 0 atom stereocenters. The molecule has 0 bridgehead atoms. The van der Waals surface area contributed by atoms with Crippen molar-refractivity contribution in [3.8, 4) is 0 Å². The molecule has 0 radical (unpaired) electrons. The number of rotatable bonds is 2. The summed E-state index contributed by atoms with van der Waals surface area (Å²) >= 11 is 0. The standard InChI is InChI=1S/C57H69BN2/c1-33-22-48-50-49(23-33)60(45-28-41-38(24-34(45)2)53(8,9)31-56(41,14)15)46-25-35(51(3,4)5)18-21-43(46)58(50)44-27-40-42(57(16,17)32-55(40,12)13)29-47(44)59(48)36-19-20-37-39(26-36)54(10,11)30-52(37,6)7/h18-29H,30-32H2,1-17H3. The van der Waals surface area contributed by atoms with E-state index in [1.54, 1.807) is 0 Å². The summed E-state index contributed by atoms with van der Waals surface area (Å²) in [6.45, 7) is 41.4. The third-order valence-corrected chi connectivity index (χ3v) is 16.1. The minimum absolute atomic E-state index is 0.00531. The first-order valence-electron chi connectivity index (χ1n) is 23.0. The lowest BCUT2D eigenvalue weighted by molar-refractivity contribution is 0.402. The molecule has 0 saturated heterocycles. The maximum Gasteiger partial charge on any atom is 0.252 e. The molecule has 60 heavy (non-hydrogen) atoms. The zero-order valence-electron chi connectivity index (χ0n) is 40.0. The number of aryl methyl sites for hydroxylation is 2. The van der Waals surface area contributed by atoms with Crippen molar-refractivity contribution in [3.05, 3.63) is 123 Å². The second kappa shape index (κ2) is 11.8. The van der Waals surface area contributed by atoms with Crippen LogP contribution in [0.5, 0.6) is 0 Å². The average molecular weight is 793 g/mol. The van der Waals surface area contributed by atoms with Gasteiger partial charge in [-0.15, -0.1) is 0 Å². The van der Waals surface area contributed by atoms with Crippen molar-refractivity contribution in [1.29, 1.82) is 0 Å². The van der Waals surface area contributed by atoms with Crippen LogP contribution in [0.2, 0.25) is 0 Å². The first-order chi connectivity index (χ1) is 27.6. The van der Waals surface area contributed by atoms with Crippen molar-refractivity contribution in [3.63, 3.8) is 0 Å². The van der Waals surface area contributed by atoms with Crippen molar-refractivity contribution in [2.75, 3.05) is 9.80 Å². The SMILES string of the molecule is Cc1cc2c3c(c1)N(c1cc4c(cc1C)C(C)(C)CC4(C)C)c1cc(C(C)(C)C)ccc1B3c1cc3c(cc1N2c1ccc2c(c1)C(C)(C)CC2(C)C)C(C)(C)CC3(C)C. The molecule has 2 aliphatic heterocycles. The van der Waals surface area contributed by atoms with Crippen molar-refractivity contribution in [1.82, 2.24) is 0 Å². The van der Waals surface area contributed by atoms with E-state index in [1.165, 1.54) is 101 Å².